The minimum atomic E-state index is -1.37. The maximum atomic E-state index is 15.2. The molecule has 0 aromatic heterocycles. The molecular weight excluding hydrogens is 681 g/mol. The third-order valence-corrected chi connectivity index (χ3v) is 12.4. The number of morpholine rings is 1. The number of aromatic hydroxyl groups is 1. The number of imide groups is 1. The van der Waals surface area contributed by atoms with Gasteiger partial charge in [-0.2, -0.15) is 0 Å². The smallest absolute Gasteiger partial charge is 0.238 e. The Morgan fingerprint density at radius 2 is 1.48 bits per heavy atom. The number of amides is 2. The molecule has 0 spiro atoms. The van der Waals surface area contributed by atoms with E-state index in [9.17, 15) is 14.7 Å². The number of benzene rings is 4. The highest BCUT2D eigenvalue weighted by atomic mass is 16.5. The lowest BCUT2D eigenvalue weighted by atomic mass is 9.44. The van der Waals surface area contributed by atoms with Crippen LogP contribution in [-0.4, -0.2) is 61.9 Å². The molecule has 2 heterocycles. The van der Waals surface area contributed by atoms with Crippen LogP contribution in [0.4, 0.5) is 11.4 Å². The van der Waals surface area contributed by atoms with Gasteiger partial charge in [-0.3, -0.25) is 24.1 Å². The van der Waals surface area contributed by atoms with Crippen molar-refractivity contribution >= 4 is 40.3 Å². The van der Waals surface area contributed by atoms with Gasteiger partial charge in [-0.25, -0.2) is 0 Å². The van der Waals surface area contributed by atoms with E-state index in [4.69, 9.17) is 9.47 Å². The molecule has 0 bridgehead atoms. The zero-order chi connectivity index (χ0) is 37.1. The fraction of sp³-hybridized carbons (Fsp3) is 0.289. The van der Waals surface area contributed by atoms with Gasteiger partial charge in [0.05, 0.1) is 43.3 Å². The zero-order valence-electron chi connectivity index (χ0n) is 29.9. The Kier molecular flexibility index (Phi) is 8.34. The number of rotatable bonds is 6. The second-order valence-corrected chi connectivity index (χ2v) is 14.8. The monoisotopic (exact) mass is 720 g/mol. The number of carbonyl (C=O) groups is 4. The summed E-state index contributed by atoms with van der Waals surface area (Å²) in [6.07, 6.45) is 4.08. The molecule has 4 aromatic carbocycles. The van der Waals surface area contributed by atoms with E-state index in [0.717, 1.165) is 24.4 Å². The summed E-state index contributed by atoms with van der Waals surface area (Å²) < 4.78 is 11.1. The van der Waals surface area contributed by atoms with Crippen LogP contribution in [0.25, 0.3) is 5.57 Å². The molecule has 6 unspecified atom stereocenters. The molecule has 2 amide bonds. The number of ether oxygens (including phenoxy) is 2. The van der Waals surface area contributed by atoms with Crippen molar-refractivity contribution in [3.8, 4) is 11.5 Å². The van der Waals surface area contributed by atoms with Crippen LogP contribution in [0.5, 0.6) is 11.5 Å². The number of fused-ring (bicyclic) bond motifs is 4. The molecule has 1 N–H and O–H groups in total. The van der Waals surface area contributed by atoms with E-state index in [0.29, 0.717) is 47.6 Å². The van der Waals surface area contributed by atoms with Crippen molar-refractivity contribution in [3.63, 3.8) is 0 Å². The Hall–Kier alpha value is -5.80. The quantitative estimate of drug-likeness (QED) is 0.183. The largest absolute Gasteiger partial charge is 0.504 e. The van der Waals surface area contributed by atoms with Gasteiger partial charge in [-0.05, 0) is 77.9 Å². The molecule has 9 heteroatoms. The molecule has 6 atom stereocenters. The summed E-state index contributed by atoms with van der Waals surface area (Å²) in [4.78, 5) is 62.9. The van der Waals surface area contributed by atoms with E-state index < -0.39 is 35.0 Å². The van der Waals surface area contributed by atoms with Crippen LogP contribution in [0.1, 0.15) is 35.4 Å². The maximum absolute atomic E-state index is 15.2. The van der Waals surface area contributed by atoms with Crippen LogP contribution >= 0.6 is 0 Å². The summed E-state index contributed by atoms with van der Waals surface area (Å²) in [5.41, 5.74) is 3.38. The van der Waals surface area contributed by atoms with Crippen molar-refractivity contribution < 1.29 is 33.8 Å². The molecule has 3 fully saturated rings. The number of carbonyl (C=O) groups excluding carboxylic acids is 4. The minimum absolute atomic E-state index is 0.0548. The van der Waals surface area contributed by atoms with E-state index in [2.05, 4.69) is 4.90 Å². The molecule has 3 aliphatic carbocycles. The maximum Gasteiger partial charge on any atom is 0.238 e. The molecule has 4 aromatic rings. The molecule has 54 heavy (non-hydrogen) atoms. The van der Waals surface area contributed by atoms with Gasteiger partial charge in [-0.1, -0.05) is 78.4 Å². The second kappa shape index (κ2) is 13.2. The van der Waals surface area contributed by atoms with E-state index >= 15 is 9.59 Å². The third kappa shape index (κ3) is 5.09. The molecule has 9 rings (SSSR count). The highest BCUT2D eigenvalue weighted by Gasteiger charge is 2.66. The Labute approximate surface area is 313 Å². The molecule has 9 nitrogen and oxygen atoms in total. The summed E-state index contributed by atoms with van der Waals surface area (Å²) in [6, 6.07) is 31.3. The molecule has 272 valence electrons. The van der Waals surface area contributed by atoms with Gasteiger partial charge in [0.1, 0.15) is 0 Å². The summed E-state index contributed by atoms with van der Waals surface area (Å²) in [6.45, 7) is 2.82. The Morgan fingerprint density at radius 3 is 2.19 bits per heavy atom. The van der Waals surface area contributed by atoms with Gasteiger partial charge in [0.2, 0.25) is 11.8 Å². The summed E-state index contributed by atoms with van der Waals surface area (Å²) in [7, 11) is 1.47. The van der Waals surface area contributed by atoms with Gasteiger partial charge in [-0.15, -0.1) is 0 Å². The van der Waals surface area contributed by atoms with Crippen LogP contribution in [0.3, 0.4) is 0 Å². The van der Waals surface area contributed by atoms with Crippen LogP contribution in [0.15, 0.2) is 121 Å². The second-order valence-electron chi connectivity index (χ2n) is 14.8. The third-order valence-electron chi connectivity index (χ3n) is 12.4. The number of anilines is 2. The predicted octanol–water partition coefficient (Wildman–Crippen LogP) is 6.27. The van der Waals surface area contributed by atoms with Gasteiger partial charge >= 0.3 is 0 Å². The number of phenols is 1. The van der Waals surface area contributed by atoms with Crippen molar-refractivity contribution in [1.29, 1.82) is 0 Å². The number of phenolic OH excluding ortho intramolecular Hbond substituents is 1. The van der Waals surface area contributed by atoms with Crippen molar-refractivity contribution in [3.05, 3.63) is 138 Å². The average Bonchev–Trinajstić information content (AvgIpc) is 3.48. The lowest BCUT2D eigenvalue weighted by molar-refractivity contribution is -0.135. The SMILES string of the molecule is COc1cc(C2C3=CCC4C(=O)N(c5ccc(N6CCOCC6)cc5)C(=O)C4C3CC3C(=O)C(c4ccccc4)=CC(=O)C32c2ccccc2)ccc1O. The van der Waals surface area contributed by atoms with E-state index in [1.165, 1.54) is 18.1 Å². The standard InChI is InChI=1S/C45H40N2O7/c1-53-38-24-28(12-19-37(38)48)41-32-17-18-33-40(44(52)47(43(33)51)31-15-13-30(14-16-31)46-20-22-54-23-21-46)35(32)25-36-42(50)34(27-8-4-2-5-9-27)26-39(49)45(36,41)29-10-6-3-7-11-29/h2-17,19,24,26,33,35-36,40-41,48H,18,20-23,25H2,1H3. The van der Waals surface area contributed by atoms with Gasteiger partial charge in [0, 0.05) is 36.2 Å². The number of Topliss-reactive ketones (excluding diaryl/α,β-unsaturated/α-hetero) is 1. The zero-order valence-corrected chi connectivity index (χ0v) is 29.9. The van der Waals surface area contributed by atoms with E-state index in [1.54, 1.807) is 18.2 Å². The number of methoxy groups -OCH3 is 1. The van der Waals surface area contributed by atoms with E-state index in [-0.39, 0.29) is 41.3 Å². The Morgan fingerprint density at radius 1 is 0.796 bits per heavy atom. The van der Waals surface area contributed by atoms with Crippen molar-refractivity contribution in [2.75, 3.05) is 43.2 Å². The Bertz CT molecular complexity index is 2230. The predicted molar refractivity (Wildman–Crippen MR) is 203 cm³/mol. The molecule has 5 aliphatic rings. The summed E-state index contributed by atoms with van der Waals surface area (Å²) in [5, 5.41) is 10.7. The van der Waals surface area contributed by atoms with Crippen molar-refractivity contribution in [2.24, 2.45) is 23.7 Å². The summed E-state index contributed by atoms with van der Waals surface area (Å²) >= 11 is 0. The van der Waals surface area contributed by atoms with Crippen LogP contribution < -0.4 is 14.5 Å². The highest BCUT2D eigenvalue weighted by Crippen LogP contribution is 2.64. The highest BCUT2D eigenvalue weighted by molar-refractivity contribution is 6.32. The van der Waals surface area contributed by atoms with Gasteiger partial charge in [0.25, 0.3) is 0 Å². The summed E-state index contributed by atoms with van der Waals surface area (Å²) in [5.74, 6) is -4.13. The van der Waals surface area contributed by atoms with Crippen LogP contribution in [-0.2, 0) is 29.3 Å². The normalized spacial score (nSPS) is 27.8. The fourth-order valence-electron chi connectivity index (χ4n) is 10.0. The van der Waals surface area contributed by atoms with Crippen LogP contribution in [0.2, 0.25) is 0 Å². The van der Waals surface area contributed by atoms with Gasteiger partial charge in [0.15, 0.2) is 23.1 Å². The Balaban J connectivity index is 1.19. The van der Waals surface area contributed by atoms with Crippen LogP contribution in [0, 0.1) is 23.7 Å². The fourth-order valence-corrected chi connectivity index (χ4v) is 10.0. The van der Waals surface area contributed by atoms with Gasteiger partial charge < -0.3 is 19.5 Å². The number of allylic oxidation sites excluding steroid dienone is 4. The number of ketones is 2. The topological polar surface area (TPSA) is 113 Å². The van der Waals surface area contributed by atoms with Crippen molar-refractivity contribution in [1.82, 2.24) is 0 Å². The molecular formula is C45H40N2O7. The number of nitrogens with zero attached hydrogens (tertiary/aromatic N) is 2. The first-order chi connectivity index (χ1) is 26.3. The van der Waals surface area contributed by atoms with Crippen molar-refractivity contribution in [2.45, 2.75) is 24.2 Å². The molecule has 0 radical (unpaired) electrons. The van der Waals surface area contributed by atoms with E-state index in [1.807, 2.05) is 91.0 Å². The first-order valence-corrected chi connectivity index (χ1v) is 18.6. The first kappa shape index (κ1) is 34.0. The molecule has 2 saturated heterocycles. The lowest BCUT2D eigenvalue weighted by Gasteiger charge is -2.55. The lowest BCUT2D eigenvalue weighted by Crippen LogP contribution is -2.58. The molecule has 2 aliphatic heterocycles. The first-order valence-electron chi connectivity index (χ1n) is 18.6. The number of hydrogen-bond donors (Lipinski definition) is 1. The molecule has 1 saturated carbocycles. The average molecular weight is 721 g/mol. The minimum Gasteiger partial charge on any atom is -0.504 e. The number of hydrogen-bond acceptors (Lipinski definition) is 8.